The highest BCUT2D eigenvalue weighted by Gasteiger charge is 2.30. The fraction of sp³-hybridized carbons (Fsp3) is 0.500. The van der Waals surface area contributed by atoms with Gasteiger partial charge in [0.05, 0.1) is 25.4 Å². The SMILES string of the molecule is CC(NC(=O)[C@H](CC(N)=O)NC(=O)C[C@@H](CCNC(=O)[C@@H](N)CC(=O)O)c1ccc2ccccc2c1)C(=O)N[C@H](C(=O)NCC(=O)NCCCO)C(C)C. The maximum Gasteiger partial charge on any atom is 0.305 e. The molecule has 1 unspecified atom stereocenters. The quantitative estimate of drug-likeness (QED) is 0.0567. The molecule has 0 aromatic heterocycles. The molecule has 0 saturated carbocycles. The van der Waals surface area contributed by atoms with E-state index in [0.29, 0.717) is 6.42 Å². The molecule has 0 aliphatic heterocycles. The molecule has 12 N–H and O–H groups in total. The lowest BCUT2D eigenvalue weighted by molar-refractivity contribution is -0.139. The molecule has 18 nitrogen and oxygen atoms in total. The first-order valence-corrected chi connectivity index (χ1v) is 17.6. The van der Waals surface area contributed by atoms with Crippen molar-refractivity contribution in [1.82, 2.24) is 31.9 Å². The molecule has 0 fully saturated rings. The van der Waals surface area contributed by atoms with Crippen LogP contribution in [0.2, 0.25) is 0 Å². The second-order valence-corrected chi connectivity index (χ2v) is 13.2. The van der Waals surface area contributed by atoms with Crippen LogP contribution < -0.4 is 43.4 Å². The summed E-state index contributed by atoms with van der Waals surface area (Å²) in [6.07, 6.45) is -0.785. The Morgan fingerprint density at radius 2 is 1.41 bits per heavy atom. The Kier molecular flexibility index (Phi) is 18.5. The molecule has 296 valence electrons. The van der Waals surface area contributed by atoms with Gasteiger partial charge in [-0.3, -0.25) is 38.4 Å². The summed E-state index contributed by atoms with van der Waals surface area (Å²) < 4.78 is 0. The minimum absolute atomic E-state index is 0.0436. The van der Waals surface area contributed by atoms with E-state index in [1.54, 1.807) is 13.8 Å². The van der Waals surface area contributed by atoms with Crippen LogP contribution in [0.3, 0.4) is 0 Å². The number of carboxylic acid groups (broad SMARTS) is 1. The Labute approximate surface area is 312 Å². The molecule has 54 heavy (non-hydrogen) atoms. The van der Waals surface area contributed by atoms with Crippen molar-refractivity contribution in [3.8, 4) is 0 Å². The smallest absolute Gasteiger partial charge is 0.305 e. The number of hydrogen-bond donors (Lipinski definition) is 10. The van der Waals surface area contributed by atoms with Crippen LogP contribution in [0.15, 0.2) is 42.5 Å². The number of carbonyl (C=O) groups excluding carboxylic acids is 7. The van der Waals surface area contributed by atoms with Gasteiger partial charge in [-0.1, -0.05) is 56.3 Å². The number of rotatable bonds is 23. The topological polar surface area (TPSA) is 301 Å². The number of benzene rings is 2. The van der Waals surface area contributed by atoms with Crippen molar-refractivity contribution < 1.29 is 48.6 Å². The van der Waals surface area contributed by atoms with E-state index in [-0.39, 0.29) is 39.1 Å². The molecule has 0 heterocycles. The van der Waals surface area contributed by atoms with Crippen molar-refractivity contribution in [3.05, 3.63) is 48.0 Å². The van der Waals surface area contributed by atoms with Gasteiger partial charge in [-0.15, -0.1) is 0 Å². The predicted octanol–water partition coefficient (Wildman–Crippen LogP) is -1.76. The summed E-state index contributed by atoms with van der Waals surface area (Å²) >= 11 is 0. The lowest BCUT2D eigenvalue weighted by Crippen LogP contribution is -2.57. The summed E-state index contributed by atoms with van der Waals surface area (Å²) in [6.45, 7) is 4.48. The molecule has 0 radical (unpaired) electrons. The van der Waals surface area contributed by atoms with Gasteiger partial charge in [-0.25, -0.2) is 0 Å². The third-order valence-corrected chi connectivity index (χ3v) is 8.34. The van der Waals surface area contributed by atoms with E-state index in [0.717, 1.165) is 16.3 Å². The lowest BCUT2D eigenvalue weighted by atomic mass is 9.90. The van der Waals surface area contributed by atoms with Crippen molar-refractivity contribution in [3.63, 3.8) is 0 Å². The van der Waals surface area contributed by atoms with Crippen LogP contribution in [-0.4, -0.2) is 108 Å². The van der Waals surface area contributed by atoms with E-state index in [2.05, 4.69) is 31.9 Å². The number of hydrogen-bond acceptors (Lipinski definition) is 10. The van der Waals surface area contributed by atoms with Gasteiger partial charge in [0.2, 0.25) is 41.4 Å². The number of carbonyl (C=O) groups is 8. The average molecular weight is 757 g/mol. The van der Waals surface area contributed by atoms with Gasteiger partial charge >= 0.3 is 5.97 Å². The third kappa shape index (κ3) is 15.5. The van der Waals surface area contributed by atoms with E-state index < -0.39 is 96.2 Å². The molecule has 0 aliphatic rings. The summed E-state index contributed by atoms with van der Waals surface area (Å²) in [5.74, 6) is -7.16. The largest absolute Gasteiger partial charge is 0.481 e. The molecule has 0 bridgehead atoms. The van der Waals surface area contributed by atoms with Gasteiger partial charge < -0.3 is 53.6 Å². The monoisotopic (exact) mass is 756 g/mol. The molecule has 0 saturated heterocycles. The highest BCUT2D eigenvalue weighted by atomic mass is 16.4. The summed E-state index contributed by atoms with van der Waals surface area (Å²) in [6, 6.07) is 8.08. The van der Waals surface area contributed by atoms with Crippen LogP contribution in [0.25, 0.3) is 10.8 Å². The Morgan fingerprint density at radius 1 is 0.722 bits per heavy atom. The fourth-order valence-corrected chi connectivity index (χ4v) is 5.36. The van der Waals surface area contributed by atoms with Crippen LogP contribution in [0.1, 0.15) is 64.4 Å². The highest BCUT2D eigenvalue weighted by molar-refractivity contribution is 5.96. The van der Waals surface area contributed by atoms with E-state index in [4.69, 9.17) is 21.7 Å². The zero-order chi connectivity index (χ0) is 40.4. The number of aliphatic hydroxyl groups excluding tert-OH is 1. The van der Waals surface area contributed by atoms with E-state index in [1.807, 2.05) is 42.5 Å². The van der Waals surface area contributed by atoms with Crippen LogP contribution in [0.5, 0.6) is 0 Å². The first kappa shape index (κ1) is 44.5. The third-order valence-electron chi connectivity index (χ3n) is 8.34. The minimum atomic E-state index is -1.47. The molecular weight excluding hydrogens is 704 g/mol. The number of amides is 7. The number of aliphatic hydroxyl groups is 1. The molecule has 7 amide bonds. The van der Waals surface area contributed by atoms with Crippen LogP contribution in [0, 0.1) is 5.92 Å². The Balaban J connectivity index is 2.12. The Morgan fingerprint density at radius 3 is 2.04 bits per heavy atom. The highest BCUT2D eigenvalue weighted by Crippen LogP contribution is 2.27. The zero-order valence-electron chi connectivity index (χ0n) is 30.7. The first-order valence-electron chi connectivity index (χ1n) is 17.6. The zero-order valence-corrected chi connectivity index (χ0v) is 30.7. The van der Waals surface area contributed by atoms with Crippen molar-refractivity contribution in [2.24, 2.45) is 17.4 Å². The number of nitrogens with one attached hydrogen (secondary N) is 6. The maximum absolute atomic E-state index is 13.4. The van der Waals surface area contributed by atoms with E-state index in [9.17, 15) is 38.4 Å². The number of primary amides is 1. The standard InChI is InChI=1S/C36H52N8O10/c1-20(2)32(36(54)41-19-30(48)39-12-6-14-45)44-33(51)21(3)42-35(53)27(18-28(38)46)43-29(47)16-25(11-13-40-34(52)26(37)17-31(49)50)24-10-9-22-7-4-5-8-23(22)15-24/h4-5,7-10,15,20-21,25-27,32,45H,6,11-14,16-19,37H2,1-3H3,(H2,38,46)(H,39,48)(H,40,52)(H,41,54)(H,42,53)(H,43,47)(H,44,51)(H,49,50)/t21?,25-,26+,27+,32+/m1/s1. The number of carboxylic acids is 1. The summed E-state index contributed by atoms with van der Waals surface area (Å²) in [5.41, 5.74) is 11.8. The molecule has 2 aromatic rings. The fourth-order valence-electron chi connectivity index (χ4n) is 5.36. The molecular formula is C36H52N8O10. The van der Waals surface area contributed by atoms with E-state index in [1.165, 1.54) is 6.92 Å². The summed E-state index contributed by atoms with van der Waals surface area (Å²) in [4.78, 5) is 99.8. The van der Waals surface area contributed by atoms with Gasteiger partial charge in [-0.2, -0.15) is 0 Å². The lowest BCUT2D eigenvalue weighted by Gasteiger charge is -2.25. The van der Waals surface area contributed by atoms with Crippen LogP contribution >= 0.6 is 0 Å². The number of nitrogens with two attached hydrogens (primary N) is 2. The van der Waals surface area contributed by atoms with E-state index >= 15 is 0 Å². The minimum Gasteiger partial charge on any atom is -0.481 e. The van der Waals surface area contributed by atoms with Gasteiger partial charge in [0.25, 0.3) is 0 Å². The predicted molar refractivity (Wildman–Crippen MR) is 197 cm³/mol. The second-order valence-electron chi connectivity index (χ2n) is 13.2. The summed E-state index contributed by atoms with van der Waals surface area (Å²) in [7, 11) is 0. The van der Waals surface area contributed by atoms with Gasteiger partial charge in [0.1, 0.15) is 18.1 Å². The van der Waals surface area contributed by atoms with Crippen molar-refractivity contribution >= 4 is 58.1 Å². The van der Waals surface area contributed by atoms with Gasteiger partial charge in [0.15, 0.2) is 0 Å². The second kappa shape index (κ2) is 22.4. The first-order chi connectivity index (χ1) is 25.5. The molecule has 18 heteroatoms. The molecule has 2 aromatic carbocycles. The number of fused-ring (bicyclic) bond motifs is 1. The van der Waals surface area contributed by atoms with Crippen LogP contribution in [0.4, 0.5) is 0 Å². The van der Waals surface area contributed by atoms with Crippen molar-refractivity contribution in [2.45, 2.75) is 83.0 Å². The maximum atomic E-state index is 13.4. The molecule has 0 spiro atoms. The average Bonchev–Trinajstić information content (AvgIpc) is 3.11. The molecule has 5 atom stereocenters. The normalized spacial score (nSPS) is 13.7. The van der Waals surface area contributed by atoms with Crippen molar-refractivity contribution in [1.29, 1.82) is 0 Å². The Hall–Kier alpha value is -5.62. The van der Waals surface area contributed by atoms with Gasteiger partial charge in [-0.05, 0) is 47.9 Å². The van der Waals surface area contributed by atoms with Crippen LogP contribution in [-0.2, 0) is 38.4 Å². The Bertz CT molecular complexity index is 1650. The summed E-state index contributed by atoms with van der Waals surface area (Å²) in [5, 5.41) is 34.7. The number of aliphatic carboxylic acids is 1. The molecule has 2 rings (SSSR count). The molecule has 0 aliphatic carbocycles. The van der Waals surface area contributed by atoms with Crippen molar-refractivity contribution in [2.75, 3.05) is 26.2 Å². The van der Waals surface area contributed by atoms with Gasteiger partial charge in [0, 0.05) is 26.1 Å².